The van der Waals surface area contributed by atoms with Gasteiger partial charge in [-0.2, -0.15) is 5.26 Å². The van der Waals surface area contributed by atoms with Crippen molar-refractivity contribution >= 4 is 17.3 Å². The van der Waals surface area contributed by atoms with Gasteiger partial charge in [0, 0.05) is 18.7 Å². The monoisotopic (exact) mass is 248 g/mol. The molecule has 0 amide bonds. The van der Waals surface area contributed by atoms with Gasteiger partial charge in [0.25, 0.3) is 0 Å². The summed E-state index contributed by atoms with van der Waals surface area (Å²) in [6.45, 7) is 2.88. The maximum Gasteiger partial charge on any atom is 0.142 e. The third-order valence-corrected chi connectivity index (χ3v) is 2.94. The van der Waals surface area contributed by atoms with Gasteiger partial charge in [-0.05, 0) is 0 Å². The van der Waals surface area contributed by atoms with Gasteiger partial charge >= 0.3 is 0 Å². The molecule has 1 fully saturated rings. The lowest BCUT2D eigenvalue weighted by Crippen LogP contribution is -2.35. The Hall–Kier alpha value is -1.50. The predicted octanol–water partition coefficient (Wildman–Crippen LogP) is 2.45. The van der Waals surface area contributed by atoms with Crippen molar-refractivity contribution in [3.05, 3.63) is 40.9 Å². The molecule has 0 radical (unpaired) electrons. The van der Waals surface area contributed by atoms with Gasteiger partial charge in [0.1, 0.15) is 11.1 Å². The molecule has 1 saturated heterocycles. The summed E-state index contributed by atoms with van der Waals surface area (Å²) in [6, 6.07) is 11.8. The van der Waals surface area contributed by atoms with Crippen LogP contribution < -0.4 is 0 Å². The average molecular weight is 249 g/mol. The van der Waals surface area contributed by atoms with Gasteiger partial charge in [0.2, 0.25) is 0 Å². The van der Waals surface area contributed by atoms with E-state index < -0.39 is 0 Å². The number of ether oxygens (including phenoxy) is 1. The van der Waals surface area contributed by atoms with Crippen LogP contribution in [0.25, 0.3) is 5.70 Å². The number of rotatable bonds is 2. The van der Waals surface area contributed by atoms with Crippen LogP contribution in [0.4, 0.5) is 0 Å². The van der Waals surface area contributed by atoms with Gasteiger partial charge in [-0.3, -0.25) is 0 Å². The zero-order valence-corrected chi connectivity index (χ0v) is 10.2. The van der Waals surface area contributed by atoms with Gasteiger partial charge in [0.15, 0.2) is 0 Å². The first-order valence-electron chi connectivity index (χ1n) is 5.51. The molecule has 1 aliphatic rings. The first kappa shape index (κ1) is 12.0. The minimum Gasteiger partial charge on any atom is -0.378 e. The largest absolute Gasteiger partial charge is 0.378 e. The molecule has 3 nitrogen and oxygen atoms in total. The number of hydrogen-bond donors (Lipinski definition) is 0. The van der Waals surface area contributed by atoms with E-state index in [1.165, 1.54) is 0 Å². The van der Waals surface area contributed by atoms with Crippen molar-refractivity contribution in [2.45, 2.75) is 0 Å². The summed E-state index contributed by atoms with van der Waals surface area (Å²) in [5.41, 5.74) is 1.78. The third-order valence-electron chi connectivity index (χ3n) is 2.68. The second-order valence-corrected chi connectivity index (χ2v) is 4.12. The topological polar surface area (TPSA) is 36.3 Å². The van der Waals surface area contributed by atoms with Crippen LogP contribution in [-0.2, 0) is 4.74 Å². The van der Waals surface area contributed by atoms with E-state index in [0.29, 0.717) is 13.2 Å². The molecule has 0 aliphatic carbocycles. The molecule has 1 aliphatic heterocycles. The molecule has 0 bridgehead atoms. The van der Waals surface area contributed by atoms with Gasteiger partial charge in [0.05, 0.1) is 18.9 Å². The Morgan fingerprint density at radius 3 is 2.47 bits per heavy atom. The Bertz CT molecular complexity index is 444. The molecule has 0 unspecified atom stereocenters. The first-order valence-corrected chi connectivity index (χ1v) is 5.88. The predicted molar refractivity (Wildman–Crippen MR) is 67.2 cm³/mol. The van der Waals surface area contributed by atoms with E-state index in [4.69, 9.17) is 21.6 Å². The molecule has 2 rings (SSSR count). The summed E-state index contributed by atoms with van der Waals surface area (Å²) >= 11 is 6.04. The number of allylic oxidation sites excluding steroid dienone is 1. The molecule has 88 valence electrons. The fourth-order valence-corrected chi connectivity index (χ4v) is 2.11. The first-order chi connectivity index (χ1) is 8.33. The van der Waals surface area contributed by atoms with E-state index in [1.807, 2.05) is 36.4 Å². The van der Waals surface area contributed by atoms with Crippen molar-refractivity contribution in [2.24, 2.45) is 0 Å². The summed E-state index contributed by atoms with van der Waals surface area (Å²) < 4.78 is 5.31. The van der Waals surface area contributed by atoms with E-state index in [9.17, 15) is 0 Å². The summed E-state index contributed by atoms with van der Waals surface area (Å²) in [5, 5.41) is 9.23. The third kappa shape index (κ3) is 2.79. The minimum absolute atomic E-state index is 0.234. The Balaban J connectivity index is 2.36. The van der Waals surface area contributed by atoms with Crippen molar-refractivity contribution in [1.82, 2.24) is 4.90 Å². The Labute approximate surface area is 106 Å². The van der Waals surface area contributed by atoms with Crippen LogP contribution in [-0.4, -0.2) is 31.2 Å². The molecule has 0 saturated carbocycles. The van der Waals surface area contributed by atoms with Crippen molar-refractivity contribution in [1.29, 1.82) is 5.26 Å². The van der Waals surface area contributed by atoms with Crippen molar-refractivity contribution in [2.75, 3.05) is 26.3 Å². The standard InChI is InChI=1S/C13H13ClN2O/c14-12(10-15)13(11-4-2-1-3-5-11)16-6-8-17-9-7-16/h1-5H,6-9H2. The van der Waals surface area contributed by atoms with E-state index in [-0.39, 0.29) is 5.03 Å². The smallest absolute Gasteiger partial charge is 0.142 e. The quantitative estimate of drug-likeness (QED) is 0.755. The highest BCUT2D eigenvalue weighted by Crippen LogP contribution is 2.25. The van der Waals surface area contributed by atoms with Gasteiger partial charge in [-0.1, -0.05) is 41.9 Å². The van der Waals surface area contributed by atoms with E-state index in [2.05, 4.69) is 4.90 Å². The van der Waals surface area contributed by atoms with E-state index in [0.717, 1.165) is 24.4 Å². The number of nitriles is 1. The highest BCUT2D eigenvalue weighted by Gasteiger charge is 2.18. The van der Waals surface area contributed by atoms with Crippen molar-refractivity contribution < 1.29 is 4.74 Å². The van der Waals surface area contributed by atoms with Crippen molar-refractivity contribution in [3.8, 4) is 6.07 Å². The summed E-state index contributed by atoms with van der Waals surface area (Å²) in [4.78, 5) is 2.10. The highest BCUT2D eigenvalue weighted by molar-refractivity contribution is 6.34. The maximum atomic E-state index is 9.00. The summed E-state index contributed by atoms with van der Waals surface area (Å²) in [6.07, 6.45) is 0. The van der Waals surface area contributed by atoms with Crippen LogP contribution in [0.15, 0.2) is 35.4 Å². The number of morpholine rings is 1. The molecular formula is C13H13ClN2O. The Kier molecular flexibility index (Phi) is 4.03. The number of nitrogens with zero attached hydrogens (tertiary/aromatic N) is 2. The van der Waals surface area contributed by atoms with Crippen LogP contribution in [0.1, 0.15) is 5.56 Å². The van der Waals surface area contributed by atoms with Crippen LogP contribution in [0.2, 0.25) is 0 Å². The Morgan fingerprint density at radius 2 is 1.88 bits per heavy atom. The second-order valence-electron chi connectivity index (χ2n) is 3.74. The van der Waals surface area contributed by atoms with Gasteiger partial charge in [-0.15, -0.1) is 0 Å². The molecular weight excluding hydrogens is 236 g/mol. The van der Waals surface area contributed by atoms with E-state index in [1.54, 1.807) is 0 Å². The number of halogens is 1. The van der Waals surface area contributed by atoms with Gasteiger partial charge in [-0.25, -0.2) is 0 Å². The lowest BCUT2D eigenvalue weighted by Gasteiger charge is -2.31. The van der Waals surface area contributed by atoms with E-state index >= 15 is 0 Å². The lowest BCUT2D eigenvalue weighted by atomic mass is 10.1. The van der Waals surface area contributed by atoms with Gasteiger partial charge < -0.3 is 9.64 Å². The van der Waals surface area contributed by atoms with Crippen LogP contribution in [0.3, 0.4) is 0 Å². The zero-order chi connectivity index (χ0) is 12.1. The molecule has 17 heavy (non-hydrogen) atoms. The molecule has 4 heteroatoms. The average Bonchev–Trinajstić information content (AvgIpc) is 2.41. The normalized spacial score (nSPS) is 17.3. The fraction of sp³-hybridized carbons (Fsp3) is 0.308. The molecule has 0 N–H and O–H groups in total. The molecule has 1 aromatic rings. The molecule has 1 aromatic carbocycles. The second kappa shape index (κ2) is 5.72. The summed E-state index contributed by atoms with van der Waals surface area (Å²) in [7, 11) is 0. The number of hydrogen-bond acceptors (Lipinski definition) is 3. The maximum absolute atomic E-state index is 9.00. The molecule has 1 heterocycles. The fourth-order valence-electron chi connectivity index (χ4n) is 1.88. The van der Waals surface area contributed by atoms with Crippen LogP contribution >= 0.6 is 11.6 Å². The zero-order valence-electron chi connectivity index (χ0n) is 9.40. The highest BCUT2D eigenvalue weighted by atomic mass is 35.5. The lowest BCUT2D eigenvalue weighted by molar-refractivity contribution is 0.0639. The number of benzene rings is 1. The van der Waals surface area contributed by atoms with Crippen LogP contribution in [0.5, 0.6) is 0 Å². The molecule has 0 spiro atoms. The molecule has 0 atom stereocenters. The van der Waals surface area contributed by atoms with Crippen LogP contribution in [0, 0.1) is 11.3 Å². The van der Waals surface area contributed by atoms with Crippen molar-refractivity contribution in [3.63, 3.8) is 0 Å². The minimum atomic E-state index is 0.234. The Morgan fingerprint density at radius 1 is 1.24 bits per heavy atom. The molecule has 0 aromatic heterocycles. The SMILES string of the molecule is N#CC(Cl)=C(c1ccccc1)N1CCOCC1. The summed E-state index contributed by atoms with van der Waals surface area (Å²) in [5.74, 6) is 0.